The average molecular weight is 249 g/mol. The maximum atomic E-state index is 5.83. The maximum Gasteiger partial charge on any atom is 0.257 e. The Hall–Kier alpha value is -1.09. The number of hydrogen-bond acceptors (Lipinski definition) is 2. The van der Waals surface area contributed by atoms with E-state index in [4.69, 9.17) is 17.0 Å². The predicted molar refractivity (Wildman–Crippen MR) is 74.1 cm³/mol. The van der Waals surface area contributed by atoms with Crippen LogP contribution >= 0.6 is 12.2 Å². The van der Waals surface area contributed by atoms with Gasteiger partial charge < -0.3 is 10.1 Å². The topological polar surface area (TPSA) is 21.3 Å². The van der Waals surface area contributed by atoms with E-state index in [1.54, 1.807) is 0 Å². The van der Waals surface area contributed by atoms with Crippen LogP contribution in [-0.4, -0.2) is 16.3 Å². The Balaban J connectivity index is 2.16. The summed E-state index contributed by atoms with van der Waals surface area (Å²) in [6.45, 7) is 6.45. The fraction of sp³-hybridized carbons (Fsp3) is 0.500. The summed E-state index contributed by atoms with van der Waals surface area (Å²) in [6.07, 6.45) is 1.83. The molecule has 0 aromatic heterocycles. The third kappa shape index (κ3) is 3.19. The molecule has 0 radical (unpaired) electrons. The van der Waals surface area contributed by atoms with Crippen molar-refractivity contribution in [2.75, 3.05) is 0 Å². The monoisotopic (exact) mass is 249 g/mol. The van der Waals surface area contributed by atoms with Gasteiger partial charge in [-0.2, -0.15) is 0 Å². The van der Waals surface area contributed by atoms with Gasteiger partial charge in [0, 0.05) is 18.4 Å². The van der Waals surface area contributed by atoms with E-state index in [0.29, 0.717) is 5.17 Å². The second kappa shape index (κ2) is 4.30. The second-order valence-electron chi connectivity index (χ2n) is 5.69. The zero-order valence-corrected chi connectivity index (χ0v) is 11.4. The maximum absolute atomic E-state index is 5.83. The first-order valence-corrected chi connectivity index (χ1v) is 6.35. The van der Waals surface area contributed by atoms with Gasteiger partial charge in [-0.1, -0.05) is 30.3 Å². The summed E-state index contributed by atoms with van der Waals surface area (Å²) in [5.41, 5.74) is 1.07. The second-order valence-corrected chi connectivity index (χ2v) is 6.06. The molecule has 2 rings (SSSR count). The normalized spacial score (nSPS) is 27.1. The van der Waals surface area contributed by atoms with Crippen molar-refractivity contribution in [3.05, 3.63) is 35.9 Å². The molecule has 1 atom stereocenters. The Labute approximate surface area is 108 Å². The van der Waals surface area contributed by atoms with Crippen molar-refractivity contribution in [3.63, 3.8) is 0 Å². The first kappa shape index (κ1) is 12.4. The highest BCUT2D eigenvalue weighted by Crippen LogP contribution is 2.31. The van der Waals surface area contributed by atoms with Gasteiger partial charge in [0.2, 0.25) is 0 Å². The summed E-state index contributed by atoms with van der Waals surface area (Å²) in [6, 6.07) is 10.4. The average Bonchev–Trinajstić information content (AvgIpc) is 2.13. The van der Waals surface area contributed by atoms with Crippen LogP contribution in [0.3, 0.4) is 0 Å². The minimum absolute atomic E-state index is 0.00113. The molecule has 17 heavy (non-hydrogen) atoms. The molecule has 2 nitrogen and oxygen atoms in total. The number of benzene rings is 1. The van der Waals surface area contributed by atoms with Gasteiger partial charge >= 0.3 is 0 Å². The summed E-state index contributed by atoms with van der Waals surface area (Å²) < 4.78 is 5.83. The van der Waals surface area contributed by atoms with Crippen molar-refractivity contribution in [1.82, 2.24) is 5.32 Å². The number of hydrogen-bond donors (Lipinski definition) is 1. The van der Waals surface area contributed by atoms with E-state index in [1.807, 2.05) is 6.07 Å². The molecule has 1 saturated heterocycles. The molecular formula is C14H19NOS. The highest BCUT2D eigenvalue weighted by molar-refractivity contribution is 7.80. The van der Waals surface area contributed by atoms with Gasteiger partial charge in [0.25, 0.3) is 5.17 Å². The summed E-state index contributed by atoms with van der Waals surface area (Å²) in [7, 11) is 0. The molecule has 1 aliphatic rings. The zero-order valence-electron chi connectivity index (χ0n) is 10.6. The highest BCUT2D eigenvalue weighted by Gasteiger charge is 2.40. The van der Waals surface area contributed by atoms with Crippen molar-refractivity contribution >= 4 is 17.4 Å². The van der Waals surface area contributed by atoms with Crippen LogP contribution in [0.5, 0.6) is 0 Å². The first-order chi connectivity index (χ1) is 7.89. The number of nitrogens with one attached hydrogen (secondary N) is 1. The quantitative estimate of drug-likeness (QED) is 0.814. The smallest absolute Gasteiger partial charge is 0.257 e. The van der Waals surface area contributed by atoms with Gasteiger partial charge in [-0.15, -0.1) is 0 Å². The molecule has 0 amide bonds. The summed E-state index contributed by atoms with van der Waals surface area (Å²) >= 11 is 5.19. The van der Waals surface area contributed by atoms with Crippen LogP contribution < -0.4 is 5.32 Å². The molecule has 1 N–H and O–H groups in total. The molecule has 0 bridgehead atoms. The third-order valence-electron chi connectivity index (χ3n) is 3.02. The zero-order chi connectivity index (χ0) is 12.5. The first-order valence-electron chi connectivity index (χ1n) is 5.94. The lowest BCUT2D eigenvalue weighted by molar-refractivity contribution is 0.0130. The molecule has 92 valence electrons. The Bertz CT molecular complexity index is 415. The molecule has 0 unspecified atom stereocenters. The molecule has 1 aliphatic heterocycles. The largest absolute Gasteiger partial charge is 0.464 e. The van der Waals surface area contributed by atoms with Gasteiger partial charge in [-0.25, -0.2) is 0 Å². The van der Waals surface area contributed by atoms with Crippen LogP contribution in [0.15, 0.2) is 30.3 Å². The third-order valence-corrected chi connectivity index (χ3v) is 3.20. The van der Waals surface area contributed by atoms with Crippen molar-refractivity contribution in [2.45, 2.75) is 44.8 Å². The van der Waals surface area contributed by atoms with E-state index in [1.165, 1.54) is 5.56 Å². The lowest BCUT2D eigenvalue weighted by Crippen LogP contribution is -2.57. The van der Waals surface area contributed by atoms with E-state index in [9.17, 15) is 0 Å². The van der Waals surface area contributed by atoms with E-state index in [0.717, 1.165) is 12.8 Å². The van der Waals surface area contributed by atoms with E-state index in [2.05, 4.69) is 50.4 Å². The molecule has 1 heterocycles. The van der Waals surface area contributed by atoms with Gasteiger partial charge in [-0.05, 0) is 38.6 Å². The number of rotatable bonds is 2. The fourth-order valence-electron chi connectivity index (χ4n) is 2.67. The van der Waals surface area contributed by atoms with Gasteiger partial charge in [-0.3, -0.25) is 0 Å². The molecule has 0 aliphatic carbocycles. The lowest BCUT2D eigenvalue weighted by Gasteiger charge is -2.44. The number of ether oxygens (including phenoxy) is 1. The Kier molecular flexibility index (Phi) is 3.13. The van der Waals surface area contributed by atoms with E-state index >= 15 is 0 Å². The number of thiocarbonyl (C=S) groups is 1. The predicted octanol–water partition coefficient (Wildman–Crippen LogP) is 3.06. The molecule has 1 fully saturated rings. The van der Waals surface area contributed by atoms with Gasteiger partial charge in [0.15, 0.2) is 0 Å². The Morgan fingerprint density at radius 1 is 1.24 bits per heavy atom. The molecule has 1 aromatic carbocycles. The standard InChI is InChI=1S/C14H19NOS/c1-13(2)10-14(3,16-12(17)15-13)9-11-7-5-4-6-8-11/h4-8H,9-10H2,1-3H3,(H,15,17)/t14-/m1/s1. The van der Waals surface area contributed by atoms with Crippen LogP contribution in [0.25, 0.3) is 0 Å². The lowest BCUT2D eigenvalue weighted by atomic mass is 9.83. The Morgan fingerprint density at radius 2 is 1.88 bits per heavy atom. The van der Waals surface area contributed by atoms with Crippen LogP contribution in [0, 0.1) is 0 Å². The van der Waals surface area contributed by atoms with Crippen molar-refractivity contribution in [3.8, 4) is 0 Å². The van der Waals surface area contributed by atoms with Gasteiger partial charge in [0.1, 0.15) is 5.60 Å². The fourth-order valence-corrected chi connectivity index (χ4v) is 3.14. The van der Waals surface area contributed by atoms with Crippen molar-refractivity contribution < 1.29 is 4.74 Å². The molecule has 0 spiro atoms. The van der Waals surface area contributed by atoms with E-state index in [-0.39, 0.29) is 11.1 Å². The molecule has 3 heteroatoms. The van der Waals surface area contributed by atoms with Gasteiger partial charge in [0.05, 0.1) is 0 Å². The highest BCUT2D eigenvalue weighted by atomic mass is 32.1. The summed E-state index contributed by atoms with van der Waals surface area (Å²) in [4.78, 5) is 0. The summed E-state index contributed by atoms with van der Waals surface area (Å²) in [5, 5.41) is 3.72. The van der Waals surface area contributed by atoms with Crippen LogP contribution in [0.2, 0.25) is 0 Å². The molecule has 0 saturated carbocycles. The van der Waals surface area contributed by atoms with Crippen molar-refractivity contribution in [1.29, 1.82) is 0 Å². The molecule has 1 aromatic rings. The van der Waals surface area contributed by atoms with Crippen LogP contribution in [-0.2, 0) is 11.2 Å². The van der Waals surface area contributed by atoms with Crippen molar-refractivity contribution in [2.24, 2.45) is 0 Å². The SMILES string of the molecule is CC1(C)C[C@@](C)(Cc2ccccc2)OC(=S)N1. The van der Waals surface area contributed by atoms with Crippen LogP contribution in [0.1, 0.15) is 32.8 Å². The minimum atomic E-state index is -0.215. The molecular weight excluding hydrogens is 230 g/mol. The summed E-state index contributed by atoms with van der Waals surface area (Å²) in [5.74, 6) is 0. The van der Waals surface area contributed by atoms with E-state index < -0.39 is 0 Å². The van der Waals surface area contributed by atoms with Crippen LogP contribution in [0.4, 0.5) is 0 Å². The Morgan fingerprint density at radius 3 is 2.47 bits per heavy atom. The minimum Gasteiger partial charge on any atom is -0.464 e.